The van der Waals surface area contributed by atoms with Crippen LogP contribution in [0.15, 0.2) is 23.3 Å². The first-order valence-corrected chi connectivity index (χ1v) is 29.8. The summed E-state index contributed by atoms with van der Waals surface area (Å²) in [5.74, 6) is -3.55. The zero-order chi connectivity index (χ0) is 62.6. The van der Waals surface area contributed by atoms with E-state index in [0.717, 1.165) is 5.57 Å². The van der Waals surface area contributed by atoms with Gasteiger partial charge in [-0.25, -0.2) is 9.59 Å². The lowest BCUT2D eigenvalue weighted by atomic mass is 9.33. The number of carbonyl (C=O) groups excluding carboxylic acids is 2. The molecular weight excluding hydrogens is 1120 g/mol. The summed E-state index contributed by atoms with van der Waals surface area (Å²) in [6.07, 6.45) is -30.6. The average molecular weight is 1220 g/mol. The fraction of sp³-hybridized carbons (Fsp3) is 0.881. The summed E-state index contributed by atoms with van der Waals surface area (Å²) >= 11 is 0. The van der Waals surface area contributed by atoms with Gasteiger partial charge in [0.15, 0.2) is 31.3 Å². The van der Waals surface area contributed by atoms with Crippen molar-refractivity contribution in [2.75, 3.05) is 26.4 Å². The molecular formula is C59H92O26. The number of carboxylic acids is 1. The van der Waals surface area contributed by atoms with E-state index in [1.54, 1.807) is 19.9 Å². The molecule has 0 radical (unpaired) electrons. The van der Waals surface area contributed by atoms with Crippen LogP contribution in [0, 0.1) is 50.2 Å². The molecule has 9 rings (SSSR count). The molecule has 0 spiro atoms. The van der Waals surface area contributed by atoms with Crippen molar-refractivity contribution in [3.8, 4) is 0 Å². The zero-order valence-electron chi connectivity index (χ0n) is 50.0. The molecule has 0 aromatic rings. The lowest BCUT2D eigenvalue weighted by Crippen LogP contribution is -2.72. The third-order valence-corrected chi connectivity index (χ3v) is 22.2. The van der Waals surface area contributed by atoms with Crippen LogP contribution in [0.2, 0.25) is 0 Å². The lowest BCUT2D eigenvalue weighted by Gasteiger charge is -2.72. The molecule has 0 bridgehead atoms. The van der Waals surface area contributed by atoms with Gasteiger partial charge >= 0.3 is 17.9 Å². The average Bonchev–Trinajstić information content (AvgIpc) is 0.769. The van der Waals surface area contributed by atoms with Gasteiger partial charge in [0.25, 0.3) is 0 Å². The maximum atomic E-state index is 13.5. The van der Waals surface area contributed by atoms with Crippen LogP contribution in [0.1, 0.15) is 114 Å². The highest BCUT2D eigenvalue weighted by Crippen LogP contribution is 2.76. The summed E-state index contributed by atoms with van der Waals surface area (Å²) in [4.78, 5) is 39.6. The van der Waals surface area contributed by atoms with Crippen LogP contribution in [0.5, 0.6) is 0 Å². The van der Waals surface area contributed by atoms with Gasteiger partial charge in [-0.05, 0) is 98.2 Å². The first-order valence-electron chi connectivity index (χ1n) is 29.8. The largest absolute Gasteiger partial charge is 0.479 e. The molecule has 29 unspecified atom stereocenters. The Hall–Kier alpha value is -2.91. The van der Waals surface area contributed by atoms with Gasteiger partial charge in [0.2, 0.25) is 0 Å². The number of aliphatic carboxylic acids is 1. The third kappa shape index (κ3) is 11.1. The molecule has 85 heavy (non-hydrogen) atoms. The molecule has 26 heteroatoms. The van der Waals surface area contributed by atoms with E-state index >= 15 is 0 Å². The Morgan fingerprint density at radius 3 is 1.89 bits per heavy atom. The van der Waals surface area contributed by atoms with Gasteiger partial charge in [-0.1, -0.05) is 66.2 Å². The number of carboxylic acid groups (broad SMARTS) is 1. The number of esters is 2. The number of ether oxygens (including phenoxy) is 10. The van der Waals surface area contributed by atoms with Gasteiger partial charge in [-0.3, -0.25) is 4.79 Å². The molecule has 29 atom stereocenters. The number of allylic oxidation sites excluding steroid dienone is 3. The smallest absolute Gasteiger partial charge is 0.335 e. The summed E-state index contributed by atoms with van der Waals surface area (Å²) in [7, 11) is 0. The molecule has 0 aromatic heterocycles. The van der Waals surface area contributed by atoms with Crippen molar-refractivity contribution in [3.05, 3.63) is 23.3 Å². The van der Waals surface area contributed by atoms with Crippen molar-refractivity contribution < 1.29 is 128 Å². The van der Waals surface area contributed by atoms with Crippen LogP contribution in [0.4, 0.5) is 0 Å². The minimum atomic E-state index is -2.21. The second kappa shape index (κ2) is 24.4. The fourth-order valence-corrected chi connectivity index (χ4v) is 17.1. The summed E-state index contributed by atoms with van der Waals surface area (Å²) in [5.41, 5.74) is -3.17. The SMILES string of the molecule is CC=C(C)C(=O)OC1C(OC(C)=O)C2(CO)C(O)CC3(C)C(=CCC4C5(C)CCC(OC6OC(C(=O)O)C(O)C(OC7OCC(O)C(O)C7OC7OCC(O)C(O)C7O)C6OC6OC(CO)C(O)C(O)C6O)C(C)(C)C5CCC43C)C2CC1(C)C. The van der Waals surface area contributed by atoms with Crippen LogP contribution in [0.3, 0.4) is 0 Å². The predicted octanol–water partition coefficient (Wildman–Crippen LogP) is -1.19. The number of aliphatic hydroxyl groups excluding tert-OH is 12. The van der Waals surface area contributed by atoms with Crippen molar-refractivity contribution in [1.29, 1.82) is 0 Å². The molecule has 5 aliphatic carbocycles. The van der Waals surface area contributed by atoms with Crippen LogP contribution < -0.4 is 0 Å². The van der Waals surface area contributed by atoms with Crippen molar-refractivity contribution >= 4 is 17.9 Å². The highest BCUT2D eigenvalue weighted by Gasteiger charge is 2.74. The Morgan fingerprint density at radius 2 is 1.27 bits per heavy atom. The van der Waals surface area contributed by atoms with Gasteiger partial charge in [-0.15, -0.1) is 0 Å². The standard InChI is InChI=1S/C59H92O26/c1-11-24(2)49(75)85-46-47(78-25(3)62)59(23-61)27(18-54(46,4)5)26-12-13-32-56(8)16-15-34(55(6,7)31(56)14-17-57(32,9)58(26,10)19-33(59)65)80-53-45(84-51-40(71)38(69)37(68)30(20-60)79-51)42(41(72)43(82-53)48(73)74)81-52-44(36(67)29(64)22-77-52)83-50-39(70)35(66)28(63)21-76-50/h11-12,27-47,50-53,60-61,63-72H,13-23H2,1-10H3,(H,73,74). The Kier molecular flexibility index (Phi) is 19.1. The number of aliphatic hydroxyl groups is 12. The summed E-state index contributed by atoms with van der Waals surface area (Å²) < 4.78 is 60.9. The third-order valence-electron chi connectivity index (χ3n) is 22.2. The Morgan fingerprint density at radius 1 is 0.647 bits per heavy atom. The monoisotopic (exact) mass is 1220 g/mol. The van der Waals surface area contributed by atoms with E-state index in [9.17, 15) is 80.8 Å². The van der Waals surface area contributed by atoms with E-state index in [1.807, 2.05) is 27.7 Å². The maximum absolute atomic E-state index is 13.5. The first-order chi connectivity index (χ1) is 39.7. The van der Waals surface area contributed by atoms with Crippen LogP contribution in [-0.2, 0) is 61.8 Å². The number of carbonyl (C=O) groups is 3. The van der Waals surface area contributed by atoms with Crippen molar-refractivity contribution in [1.82, 2.24) is 0 Å². The van der Waals surface area contributed by atoms with Crippen molar-refractivity contribution in [2.45, 2.75) is 249 Å². The minimum Gasteiger partial charge on any atom is -0.479 e. The summed E-state index contributed by atoms with van der Waals surface area (Å²) in [5, 5.41) is 144. The molecule has 484 valence electrons. The van der Waals surface area contributed by atoms with E-state index in [2.05, 4.69) is 26.8 Å². The van der Waals surface area contributed by atoms with Gasteiger partial charge in [0.05, 0.1) is 44.1 Å². The highest BCUT2D eigenvalue weighted by atomic mass is 16.8. The number of hydrogen-bond acceptors (Lipinski definition) is 25. The molecule has 0 amide bonds. The molecule has 0 aromatic carbocycles. The lowest BCUT2D eigenvalue weighted by molar-refractivity contribution is -0.399. The van der Waals surface area contributed by atoms with E-state index in [1.165, 1.54) is 6.92 Å². The zero-order valence-corrected chi connectivity index (χ0v) is 50.0. The van der Waals surface area contributed by atoms with E-state index < -0.39 is 218 Å². The summed E-state index contributed by atoms with van der Waals surface area (Å²) in [6.45, 7) is 16.7. The molecule has 4 saturated heterocycles. The molecule has 13 N–H and O–H groups in total. The molecule has 4 saturated carbocycles. The second-order valence-electron chi connectivity index (χ2n) is 27.6. The van der Waals surface area contributed by atoms with Gasteiger partial charge in [-0.2, -0.15) is 0 Å². The van der Waals surface area contributed by atoms with Crippen LogP contribution in [-0.4, -0.2) is 246 Å². The van der Waals surface area contributed by atoms with Gasteiger partial charge < -0.3 is 114 Å². The van der Waals surface area contributed by atoms with E-state index in [0.29, 0.717) is 44.1 Å². The van der Waals surface area contributed by atoms with E-state index in [4.69, 9.17) is 47.4 Å². The Bertz CT molecular complexity index is 2490. The first kappa shape index (κ1) is 66.5. The van der Waals surface area contributed by atoms with Gasteiger partial charge in [0.1, 0.15) is 91.6 Å². The van der Waals surface area contributed by atoms with Crippen LogP contribution in [0.25, 0.3) is 0 Å². The molecule has 8 fully saturated rings. The van der Waals surface area contributed by atoms with Crippen molar-refractivity contribution in [3.63, 3.8) is 0 Å². The number of rotatable bonds is 14. The highest BCUT2D eigenvalue weighted by molar-refractivity contribution is 5.87. The predicted molar refractivity (Wildman–Crippen MR) is 288 cm³/mol. The second-order valence-corrected chi connectivity index (χ2v) is 27.6. The van der Waals surface area contributed by atoms with E-state index in [-0.39, 0.29) is 18.3 Å². The van der Waals surface area contributed by atoms with Gasteiger partial charge in [0, 0.05) is 17.9 Å². The maximum Gasteiger partial charge on any atom is 0.335 e. The fourth-order valence-electron chi connectivity index (χ4n) is 17.1. The minimum absolute atomic E-state index is 0.00886. The Labute approximate surface area is 493 Å². The normalized spacial score (nSPS) is 50.5. The number of hydrogen-bond donors (Lipinski definition) is 13. The molecule has 4 aliphatic heterocycles. The molecule has 9 aliphatic rings. The quantitative estimate of drug-likeness (QED) is 0.0421. The molecule has 26 nitrogen and oxygen atoms in total. The Balaban J connectivity index is 1.04. The molecule has 4 heterocycles. The summed E-state index contributed by atoms with van der Waals surface area (Å²) in [6, 6.07) is 0. The topological polar surface area (TPSA) is 407 Å². The van der Waals surface area contributed by atoms with Crippen LogP contribution >= 0.6 is 0 Å². The van der Waals surface area contributed by atoms with Crippen molar-refractivity contribution in [2.24, 2.45) is 50.2 Å². The number of fused-ring (bicyclic) bond motifs is 7.